The third kappa shape index (κ3) is 71.7. The van der Waals surface area contributed by atoms with Gasteiger partial charge in [0.05, 0.1) is 26.4 Å². The van der Waals surface area contributed by atoms with E-state index in [1.165, 1.54) is 199 Å². The minimum Gasteiger partial charge on any atom is -0.462 e. The normalized spacial score (nSPS) is 14.0. The molecule has 0 saturated carbocycles. The molecule has 0 aromatic heterocycles. The Morgan fingerprint density at radius 2 is 0.495 bits per heavy atom. The molecule has 97 heavy (non-hydrogen) atoms. The maximum atomic E-state index is 13.1. The molecule has 0 amide bonds. The van der Waals surface area contributed by atoms with Crippen LogP contribution in [0.5, 0.6) is 0 Å². The van der Waals surface area contributed by atoms with Gasteiger partial charge in [-0.15, -0.1) is 0 Å². The monoisotopic (exact) mass is 1420 g/mol. The highest BCUT2D eigenvalue weighted by Gasteiger charge is 2.30. The second-order valence-electron chi connectivity index (χ2n) is 27.4. The van der Waals surface area contributed by atoms with E-state index in [0.717, 1.165) is 116 Å². The average Bonchev–Trinajstić information content (AvgIpc) is 1.03. The first-order chi connectivity index (χ1) is 47.2. The number of phosphoric acid groups is 2. The summed E-state index contributed by atoms with van der Waals surface area (Å²) in [5.41, 5.74) is 0. The SMILES string of the molecule is CCCCCC/C=C\C=C/CCCCCCCC(=O)OC[C@H](COP(=O)(O)OC[C@@H](O)COP(=O)(O)OC[C@@H](COC(=O)CCCCCCCCCC)OC(=O)CCCCCCCCCCCCCCCC)OC(=O)CCCCCCCCCCCCCCCCCCCCCC. The minimum atomic E-state index is -4.96. The van der Waals surface area contributed by atoms with Gasteiger partial charge in [-0.1, -0.05) is 341 Å². The number of allylic oxidation sites excluding steroid dienone is 4. The van der Waals surface area contributed by atoms with Crippen LogP contribution >= 0.6 is 15.6 Å². The molecule has 19 heteroatoms. The first-order valence-electron chi connectivity index (χ1n) is 40.1. The Balaban J connectivity index is 5.23. The molecular formula is C78H148O17P2. The van der Waals surface area contributed by atoms with Gasteiger partial charge in [-0.25, -0.2) is 9.13 Å². The van der Waals surface area contributed by atoms with Crippen LogP contribution in [0.15, 0.2) is 24.3 Å². The quantitative estimate of drug-likeness (QED) is 0.0169. The molecule has 3 N–H and O–H groups in total. The predicted molar refractivity (Wildman–Crippen MR) is 395 cm³/mol. The standard InChI is InChI=1S/C78H148O17P2/c1-5-9-13-17-21-25-28-31-34-35-36-37-38-40-43-46-49-53-57-61-65-78(83)95-74(69-89-76(81)63-59-55-51-47-44-42-39-32-29-26-22-18-14-10-6-2)71-93-97(86,87)91-67-72(79)66-90-96(84,85)92-70-73(68-88-75(80)62-58-54-50-24-20-16-12-8-4)94-77(82)64-60-56-52-48-45-41-33-30-27-23-19-15-11-7-3/h26,29,32,39,72-74,79H,5-25,27-28,30-31,33-38,40-71H2,1-4H3,(H,84,85)(H,86,87)/b29-26-,39-32-/t72-,73+,74+/m0/s1. The van der Waals surface area contributed by atoms with Crippen molar-refractivity contribution in [3.63, 3.8) is 0 Å². The molecule has 0 aliphatic carbocycles. The smallest absolute Gasteiger partial charge is 0.462 e. The van der Waals surface area contributed by atoms with Gasteiger partial charge in [0.1, 0.15) is 19.3 Å². The highest BCUT2D eigenvalue weighted by molar-refractivity contribution is 7.47. The molecule has 0 aliphatic rings. The highest BCUT2D eigenvalue weighted by Crippen LogP contribution is 2.45. The number of phosphoric ester groups is 2. The molecule has 0 rings (SSSR count). The summed E-state index contributed by atoms with van der Waals surface area (Å²) < 4.78 is 68.5. The third-order valence-corrected chi connectivity index (χ3v) is 19.6. The fourth-order valence-electron chi connectivity index (χ4n) is 11.6. The van der Waals surface area contributed by atoms with Crippen LogP contribution < -0.4 is 0 Å². The van der Waals surface area contributed by atoms with E-state index >= 15 is 0 Å². The van der Waals surface area contributed by atoms with Crippen LogP contribution in [-0.4, -0.2) is 96.7 Å². The highest BCUT2D eigenvalue weighted by atomic mass is 31.2. The van der Waals surface area contributed by atoms with Crippen molar-refractivity contribution in [3.05, 3.63) is 24.3 Å². The van der Waals surface area contributed by atoms with E-state index in [1.807, 2.05) is 0 Å². The molecule has 0 heterocycles. The van der Waals surface area contributed by atoms with Crippen molar-refractivity contribution in [3.8, 4) is 0 Å². The lowest BCUT2D eigenvalue weighted by atomic mass is 10.0. The zero-order valence-corrected chi connectivity index (χ0v) is 64.3. The summed E-state index contributed by atoms with van der Waals surface area (Å²) >= 11 is 0. The second-order valence-corrected chi connectivity index (χ2v) is 30.3. The van der Waals surface area contributed by atoms with E-state index in [2.05, 4.69) is 52.0 Å². The molecule has 0 fully saturated rings. The molecule has 17 nitrogen and oxygen atoms in total. The lowest BCUT2D eigenvalue weighted by Crippen LogP contribution is -2.30. The van der Waals surface area contributed by atoms with Crippen LogP contribution in [0.2, 0.25) is 0 Å². The van der Waals surface area contributed by atoms with Crippen LogP contribution in [-0.2, 0) is 65.4 Å². The Hall–Kier alpha value is -2.46. The summed E-state index contributed by atoms with van der Waals surface area (Å²) in [6.45, 7) is 4.91. The summed E-state index contributed by atoms with van der Waals surface area (Å²) in [6.07, 6.45) is 66.1. The molecular weight excluding hydrogens is 1270 g/mol. The first-order valence-corrected chi connectivity index (χ1v) is 43.1. The number of aliphatic hydroxyl groups excluding tert-OH is 1. The summed E-state index contributed by atoms with van der Waals surface area (Å²) in [6, 6.07) is 0. The van der Waals surface area contributed by atoms with E-state index in [9.17, 15) is 43.2 Å². The van der Waals surface area contributed by atoms with E-state index < -0.39 is 97.5 Å². The van der Waals surface area contributed by atoms with Crippen molar-refractivity contribution < 1.29 is 80.2 Å². The lowest BCUT2D eigenvalue weighted by molar-refractivity contribution is -0.161. The Labute approximate surface area is 592 Å². The van der Waals surface area contributed by atoms with Gasteiger partial charge in [0.2, 0.25) is 0 Å². The van der Waals surface area contributed by atoms with Crippen molar-refractivity contribution in [2.75, 3.05) is 39.6 Å². The molecule has 0 spiro atoms. The summed E-state index contributed by atoms with van der Waals surface area (Å²) in [5, 5.41) is 10.6. The number of unbranched alkanes of at least 4 members (excludes halogenated alkanes) is 48. The summed E-state index contributed by atoms with van der Waals surface area (Å²) in [5.74, 6) is -2.14. The van der Waals surface area contributed by atoms with Gasteiger partial charge in [-0.3, -0.25) is 37.3 Å². The minimum absolute atomic E-state index is 0.102. The van der Waals surface area contributed by atoms with Gasteiger partial charge in [0, 0.05) is 25.7 Å². The maximum absolute atomic E-state index is 13.1. The number of esters is 4. The van der Waals surface area contributed by atoms with Crippen LogP contribution in [0.3, 0.4) is 0 Å². The van der Waals surface area contributed by atoms with E-state index in [0.29, 0.717) is 25.7 Å². The topological polar surface area (TPSA) is 237 Å². The molecule has 0 saturated heterocycles. The van der Waals surface area contributed by atoms with Crippen molar-refractivity contribution in [1.82, 2.24) is 0 Å². The summed E-state index contributed by atoms with van der Waals surface area (Å²) in [7, 11) is -9.92. The largest absolute Gasteiger partial charge is 0.472 e. The predicted octanol–water partition coefficient (Wildman–Crippen LogP) is 23.0. The molecule has 5 atom stereocenters. The van der Waals surface area contributed by atoms with Crippen molar-refractivity contribution in [1.29, 1.82) is 0 Å². The number of hydrogen-bond acceptors (Lipinski definition) is 15. The van der Waals surface area contributed by atoms with E-state index in [-0.39, 0.29) is 25.7 Å². The van der Waals surface area contributed by atoms with Gasteiger partial charge in [0.15, 0.2) is 12.2 Å². The van der Waals surface area contributed by atoms with Crippen LogP contribution in [0.1, 0.15) is 394 Å². The van der Waals surface area contributed by atoms with Crippen molar-refractivity contribution in [2.45, 2.75) is 412 Å². The maximum Gasteiger partial charge on any atom is 0.472 e. The van der Waals surface area contributed by atoms with Crippen LogP contribution in [0, 0.1) is 0 Å². The van der Waals surface area contributed by atoms with E-state index in [4.69, 9.17) is 37.0 Å². The Morgan fingerprint density at radius 1 is 0.289 bits per heavy atom. The van der Waals surface area contributed by atoms with Crippen LogP contribution in [0.25, 0.3) is 0 Å². The lowest BCUT2D eigenvalue weighted by Gasteiger charge is -2.21. The number of ether oxygens (including phenoxy) is 4. The van der Waals surface area contributed by atoms with Crippen molar-refractivity contribution >= 4 is 39.5 Å². The zero-order chi connectivity index (χ0) is 71.1. The fraction of sp³-hybridized carbons (Fsp3) is 0.897. The molecule has 0 aromatic carbocycles. The fourth-order valence-corrected chi connectivity index (χ4v) is 13.1. The summed E-state index contributed by atoms with van der Waals surface area (Å²) in [4.78, 5) is 72.8. The molecule has 0 radical (unpaired) electrons. The van der Waals surface area contributed by atoms with Crippen LogP contribution in [0.4, 0.5) is 0 Å². The Kier molecular flexibility index (Phi) is 70.1. The number of carbonyl (C=O) groups is 4. The number of hydrogen-bond donors (Lipinski definition) is 3. The van der Waals surface area contributed by atoms with Gasteiger partial charge in [-0.05, 0) is 51.4 Å². The van der Waals surface area contributed by atoms with Gasteiger partial charge in [0.25, 0.3) is 0 Å². The van der Waals surface area contributed by atoms with Gasteiger partial charge >= 0.3 is 39.5 Å². The zero-order valence-electron chi connectivity index (χ0n) is 62.5. The molecule has 2 unspecified atom stereocenters. The Morgan fingerprint density at radius 3 is 0.753 bits per heavy atom. The molecule has 0 aromatic rings. The van der Waals surface area contributed by atoms with Crippen molar-refractivity contribution in [2.24, 2.45) is 0 Å². The number of rotatable bonds is 77. The molecule has 0 aliphatic heterocycles. The van der Waals surface area contributed by atoms with Gasteiger partial charge in [-0.2, -0.15) is 0 Å². The second kappa shape index (κ2) is 71.9. The number of carbonyl (C=O) groups excluding carboxylic acids is 4. The molecule has 572 valence electrons. The Bertz CT molecular complexity index is 1940. The third-order valence-electron chi connectivity index (χ3n) is 17.7. The van der Waals surface area contributed by atoms with E-state index in [1.54, 1.807) is 0 Å². The number of aliphatic hydroxyl groups is 1. The average molecular weight is 1420 g/mol. The molecule has 0 bridgehead atoms. The van der Waals surface area contributed by atoms with Gasteiger partial charge < -0.3 is 33.8 Å². The first kappa shape index (κ1) is 94.5.